The van der Waals surface area contributed by atoms with E-state index in [0.717, 1.165) is 5.56 Å². The maximum absolute atomic E-state index is 14.8. The van der Waals surface area contributed by atoms with Crippen molar-refractivity contribution >= 4 is 22.9 Å². The van der Waals surface area contributed by atoms with Crippen LogP contribution in [0.1, 0.15) is 35.3 Å². The maximum atomic E-state index is 14.8. The van der Waals surface area contributed by atoms with Crippen LogP contribution >= 0.6 is 0 Å². The second-order valence-electron chi connectivity index (χ2n) is 9.38. The fourth-order valence-corrected chi connectivity index (χ4v) is 3.92. The Balaban J connectivity index is 1.26. The molecule has 0 saturated carbocycles. The molecule has 2 heterocycles. The minimum absolute atomic E-state index is 0.131. The zero-order valence-corrected chi connectivity index (χ0v) is 21.0. The van der Waals surface area contributed by atoms with Crippen molar-refractivity contribution in [3.05, 3.63) is 102 Å². The average molecular weight is 527 g/mol. The first-order chi connectivity index (χ1) is 18.7. The summed E-state index contributed by atoms with van der Waals surface area (Å²) < 4.78 is 25.4. The SMILES string of the molecule is CC(C)(C(=O)O)c1ccc(-c2ccc(CNC(=O)c3cccnc3Oc3ccc4nonc4c3)cc2)c(F)c1. The van der Waals surface area contributed by atoms with Crippen molar-refractivity contribution in [3.8, 4) is 22.8 Å². The van der Waals surface area contributed by atoms with Gasteiger partial charge in [-0.25, -0.2) is 14.0 Å². The van der Waals surface area contributed by atoms with E-state index in [1.54, 1.807) is 66.7 Å². The largest absolute Gasteiger partial charge is 0.481 e. The van der Waals surface area contributed by atoms with Gasteiger partial charge in [-0.15, -0.1) is 0 Å². The van der Waals surface area contributed by atoms with Crippen LogP contribution in [0.15, 0.2) is 83.6 Å². The molecule has 5 aromatic rings. The summed E-state index contributed by atoms with van der Waals surface area (Å²) >= 11 is 0. The lowest BCUT2D eigenvalue weighted by Crippen LogP contribution is -2.28. The Hall–Kier alpha value is -5.12. The molecule has 0 spiro atoms. The third kappa shape index (κ3) is 5.30. The van der Waals surface area contributed by atoms with Crippen molar-refractivity contribution in [2.45, 2.75) is 25.8 Å². The van der Waals surface area contributed by atoms with E-state index in [4.69, 9.17) is 9.37 Å². The second kappa shape index (κ2) is 10.3. The summed E-state index contributed by atoms with van der Waals surface area (Å²) in [5, 5.41) is 19.8. The van der Waals surface area contributed by atoms with E-state index in [1.807, 2.05) is 0 Å². The molecular formula is C29H23FN4O5. The van der Waals surface area contributed by atoms with Crippen molar-refractivity contribution < 1.29 is 28.5 Å². The van der Waals surface area contributed by atoms with Gasteiger partial charge in [-0.1, -0.05) is 36.4 Å². The van der Waals surface area contributed by atoms with Gasteiger partial charge in [0.05, 0.1) is 5.41 Å². The number of amides is 1. The Kier molecular flexibility index (Phi) is 6.76. The first-order valence-electron chi connectivity index (χ1n) is 12.0. The number of rotatable bonds is 8. The van der Waals surface area contributed by atoms with Gasteiger partial charge < -0.3 is 15.2 Å². The molecule has 1 amide bonds. The van der Waals surface area contributed by atoms with E-state index in [0.29, 0.717) is 33.5 Å². The summed E-state index contributed by atoms with van der Waals surface area (Å²) in [4.78, 5) is 28.6. The molecule has 0 unspecified atom stereocenters. The van der Waals surface area contributed by atoms with Gasteiger partial charge in [-0.3, -0.25) is 9.59 Å². The van der Waals surface area contributed by atoms with E-state index < -0.39 is 17.2 Å². The Morgan fingerprint density at radius 3 is 2.51 bits per heavy atom. The van der Waals surface area contributed by atoms with Crippen LogP contribution < -0.4 is 10.1 Å². The van der Waals surface area contributed by atoms with Gasteiger partial charge in [-0.05, 0) is 71.2 Å². The summed E-state index contributed by atoms with van der Waals surface area (Å²) in [6.07, 6.45) is 1.52. The lowest BCUT2D eigenvalue weighted by atomic mass is 9.84. The summed E-state index contributed by atoms with van der Waals surface area (Å²) in [6, 6.07) is 19.7. The minimum Gasteiger partial charge on any atom is -0.481 e. The Bertz CT molecular complexity index is 1680. The molecule has 10 heteroatoms. The summed E-state index contributed by atoms with van der Waals surface area (Å²) in [5.74, 6) is -1.36. The molecular weight excluding hydrogens is 503 g/mol. The number of carboxylic acid groups (broad SMARTS) is 1. The Morgan fingerprint density at radius 2 is 1.77 bits per heavy atom. The first-order valence-corrected chi connectivity index (χ1v) is 12.0. The van der Waals surface area contributed by atoms with Crippen LogP contribution in [-0.4, -0.2) is 32.3 Å². The molecule has 0 aliphatic carbocycles. The number of aromatic nitrogens is 3. The van der Waals surface area contributed by atoms with Gasteiger partial charge in [0, 0.05) is 24.4 Å². The van der Waals surface area contributed by atoms with Crippen LogP contribution in [0.2, 0.25) is 0 Å². The number of benzene rings is 3. The van der Waals surface area contributed by atoms with Crippen LogP contribution in [0.3, 0.4) is 0 Å². The first kappa shape index (κ1) is 25.5. The molecule has 3 aromatic carbocycles. The predicted molar refractivity (Wildman–Crippen MR) is 140 cm³/mol. The molecule has 39 heavy (non-hydrogen) atoms. The standard InChI is InChI=1S/C29H23FN4O5/c1-29(2,28(36)37)19-9-11-21(23(30)14-19)18-7-5-17(6-8-18)16-32-26(35)22-4-3-13-31-27(22)38-20-10-12-24-25(15-20)34-39-33-24/h3-15H,16H2,1-2H3,(H,32,35)(H,36,37). The number of halogens is 1. The van der Waals surface area contributed by atoms with Crippen LogP contribution in [0.4, 0.5) is 4.39 Å². The molecule has 0 aliphatic rings. The summed E-state index contributed by atoms with van der Waals surface area (Å²) in [6.45, 7) is 3.28. The lowest BCUT2D eigenvalue weighted by Gasteiger charge is -2.20. The third-order valence-electron chi connectivity index (χ3n) is 6.40. The zero-order chi connectivity index (χ0) is 27.6. The van der Waals surface area contributed by atoms with Crippen LogP contribution in [0.25, 0.3) is 22.2 Å². The number of carboxylic acids is 1. The number of aliphatic carboxylic acids is 1. The fourth-order valence-electron chi connectivity index (χ4n) is 3.92. The number of nitrogens with one attached hydrogen (secondary N) is 1. The van der Waals surface area contributed by atoms with E-state index >= 15 is 0 Å². The Labute approximate surface area is 222 Å². The van der Waals surface area contributed by atoms with Crippen molar-refractivity contribution in [2.75, 3.05) is 0 Å². The van der Waals surface area contributed by atoms with Crippen molar-refractivity contribution in [3.63, 3.8) is 0 Å². The van der Waals surface area contributed by atoms with Gasteiger partial charge in [-0.2, -0.15) is 0 Å². The van der Waals surface area contributed by atoms with Crippen LogP contribution in [0, 0.1) is 5.82 Å². The van der Waals surface area contributed by atoms with E-state index in [2.05, 4.69) is 20.6 Å². The number of carbonyl (C=O) groups is 2. The highest BCUT2D eigenvalue weighted by Gasteiger charge is 2.30. The van der Waals surface area contributed by atoms with Gasteiger partial charge in [0.2, 0.25) is 5.88 Å². The van der Waals surface area contributed by atoms with E-state index in [-0.39, 0.29) is 23.9 Å². The van der Waals surface area contributed by atoms with E-state index in [1.165, 1.54) is 26.1 Å². The number of ether oxygens (including phenoxy) is 1. The minimum atomic E-state index is -1.21. The molecule has 2 aromatic heterocycles. The number of fused-ring (bicyclic) bond motifs is 1. The molecule has 5 rings (SSSR count). The summed E-state index contributed by atoms with van der Waals surface area (Å²) in [7, 11) is 0. The molecule has 0 aliphatic heterocycles. The van der Waals surface area contributed by atoms with Crippen molar-refractivity contribution in [1.29, 1.82) is 0 Å². The topological polar surface area (TPSA) is 127 Å². The third-order valence-corrected chi connectivity index (χ3v) is 6.40. The molecule has 0 bridgehead atoms. The van der Waals surface area contributed by atoms with Crippen molar-refractivity contribution in [1.82, 2.24) is 20.6 Å². The number of hydrogen-bond acceptors (Lipinski definition) is 7. The fraction of sp³-hybridized carbons (Fsp3) is 0.138. The molecule has 9 nitrogen and oxygen atoms in total. The van der Waals surface area contributed by atoms with Crippen LogP contribution in [-0.2, 0) is 16.8 Å². The molecule has 0 radical (unpaired) electrons. The number of pyridine rings is 1. The smallest absolute Gasteiger partial charge is 0.313 e. The van der Waals surface area contributed by atoms with Gasteiger partial charge in [0.1, 0.15) is 28.2 Å². The quantitative estimate of drug-likeness (QED) is 0.271. The molecule has 0 atom stereocenters. The maximum Gasteiger partial charge on any atom is 0.313 e. The average Bonchev–Trinajstić information content (AvgIpc) is 3.40. The molecule has 2 N–H and O–H groups in total. The highest BCUT2D eigenvalue weighted by molar-refractivity contribution is 5.96. The number of carbonyl (C=O) groups excluding carboxylic acids is 1. The highest BCUT2D eigenvalue weighted by Crippen LogP contribution is 2.30. The number of hydrogen-bond donors (Lipinski definition) is 2. The molecule has 0 fully saturated rings. The highest BCUT2D eigenvalue weighted by atomic mass is 19.1. The second-order valence-corrected chi connectivity index (χ2v) is 9.38. The van der Waals surface area contributed by atoms with Crippen LogP contribution in [0.5, 0.6) is 11.6 Å². The number of nitrogens with zero attached hydrogens (tertiary/aromatic N) is 3. The van der Waals surface area contributed by atoms with Gasteiger partial charge in [0.25, 0.3) is 5.91 Å². The van der Waals surface area contributed by atoms with E-state index in [9.17, 15) is 19.1 Å². The summed E-state index contributed by atoms with van der Waals surface area (Å²) in [5.41, 5.74) is 2.29. The Morgan fingerprint density at radius 1 is 1.00 bits per heavy atom. The van der Waals surface area contributed by atoms with Crippen molar-refractivity contribution in [2.24, 2.45) is 0 Å². The van der Waals surface area contributed by atoms with Gasteiger partial charge >= 0.3 is 5.97 Å². The normalized spacial score (nSPS) is 11.4. The predicted octanol–water partition coefficient (Wildman–Crippen LogP) is 5.51. The van der Waals surface area contributed by atoms with Gasteiger partial charge in [0.15, 0.2) is 0 Å². The molecule has 0 saturated heterocycles. The monoisotopic (exact) mass is 526 g/mol. The zero-order valence-electron chi connectivity index (χ0n) is 21.0. The lowest BCUT2D eigenvalue weighted by molar-refractivity contribution is -0.142. The molecule has 196 valence electrons.